The van der Waals surface area contributed by atoms with E-state index < -0.39 is 0 Å². The zero-order valence-corrected chi connectivity index (χ0v) is 17.7. The zero-order chi connectivity index (χ0) is 20.5. The monoisotopic (exact) mass is 430 g/mol. The third kappa shape index (κ3) is 3.59. The summed E-state index contributed by atoms with van der Waals surface area (Å²) in [4.78, 5) is 36.6. The van der Waals surface area contributed by atoms with Crippen molar-refractivity contribution in [2.45, 2.75) is 12.8 Å². The molecule has 5 rings (SSSR count). The summed E-state index contributed by atoms with van der Waals surface area (Å²) in [6.07, 6.45) is 3.49. The van der Waals surface area contributed by atoms with Gasteiger partial charge in [0.1, 0.15) is 28.9 Å². The molecule has 2 aromatic carbocycles. The number of rotatable bonds is 4. The third-order valence-corrected chi connectivity index (χ3v) is 6.32. The summed E-state index contributed by atoms with van der Waals surface area (Å²) >= 11 is 0. The van der Waals surface area contributed by atoms with E-state index in [9.17, 15) is 9.59 Å². The second-order valence-corrected chi connectivity index (χ2v) is 8.90. The molecule has 8 heteroatoms. The lowest BCUT2D eigenvalue weighted by molar-refractivity contribution is 0.569. The number of hydrogen-bond acceptors (Lipinski definition) is 4. The Morgan fingerprint density at radius 2 is 1.80 bits per heavy atom. The minimum Gasteiger partial charge on any atom is -0.341 e. The maximum atomic E-state index is 10.8. The van der Waals surface area contributed by atoms with Gasteiger partial charge in [-0.1, -0.05) is 18.1 Å². The predicted octanol–water partition coefficient (Wildman–Crippen LogP) is 2.44. The van der Waals surface area contributed by atoms with E-state index in [2.05, 4.69) is 56.0 Å². The van der Waals surface area contributed by atoms with Gasteiger partial charge in [-0.3, -0.25) is 9.59 Å². The molecule has 6 nitrogen and oxygen atoms in total. The molecular weight excluding hydrogens is 414 g/mol. The van der Waals surface area contributed by atoms with E-state index in [0.717, 1.165) is 63.7 Å². The molecule has 1 aliphatic carbocycles. The van der Waals surface area contributed by atoms with Crippen molar-refractivity contribution in [2.75, 3.05) is 0 Å². The molecule has 2 atom stereocenters. The van der Waals surface area contributed by atoms with Crippen molar-refractivity contribution in [3.63, 3.8) is 0 Å². The Balaban J connectivity index is 1.48. The van der Waals surface area contributed by atoms with E-state index in [-0.39, 0.29) is 17.2 Å². The second kappa shape index (κ2) is 7.95. The van der Waals surface area contributed by atoms with Crippen molar-refractivity contribution in [1.82, 2.24) is 19.9 Å². The summed E-state index contributed by atoms with van der Waals surface area (Å²) in [6.45, 7) is 0. The van der Waals surface area contributed by atoms with Crippen molar-refractivity contribution in [1.29, 1.82) is 0 Å². The van der Waals surface area contributed by atoms with Crippen LogP contribution in [0.2, 0.25) is 0 Å². The average Bonchev–Trinajstić information content (AvgIpc) is 3.38. The molecule has 146 valence electrons. The molecule has 2 heterocycles. The number of nitrogens with one attached hydrogen (secondary N) is 2. The fraction of sp³-hybridized carbons (Fsp3) is 0.0909. The van der Waals surface area contributed by atoms with Crippen molar-refractivity contribution < 1.29 is 9.59 Å². The Morgan fingerprint density at radius 3 is 2.67 bits per heavy atom. The van der Waals surface area contributed by atoms with Crippen LogP contribution in [0.15, 0.2) is 36.5 Å². The van der Waals surface area contributed by atoms with Gasteiger partial charge < -0.3 is 9.97 Å². The number of hydrogen-bond donors (Lipinski definition) is 2. The summed E-state index contributed by atoms with van der Waals surface area (Å²) in [5.74, 6) is 6.24. The first-order chi connectivity index (χ1) is 14.7. The highest BCUT2D eigenvalue weighted by Gasteiger charge is 2.21. The zero-order valence-electron chi connectivity index (χ0n) is 15.7. The normalized spacial score (nSPS) is 12.8. The summed E-state index contributed by atoms with van der Waals surface area (Å²) in [5, 5.41) is 2.27. The highest BCUT2D eigenvalue weighted by Crippen LogP contribution is 2.34. The quantitative estimate of drug-likeness (QED) is 0.296. The minimum atomic E-state index is 0.0177. The molecule has 0 radical (unpaired) electrons. The Labute approximate surface area is 175 Å². The van der Waals surface area contributed by atoms with Gasteiger partial charge in [-0.15, -0.1) is 0 Å². The molecule has 0 bridgehead atoms. The van der Waals surface area contributed by atoms with E-state index in [0.29, 0.717) is 11.3 Å². The Hall–Kier alpha value is -3.12. The molecule has 30 heavy (non-hydrogen) atoms. The van der Waals surface area contributed by atoms with Crippen LogP contribution < -0.4 is 11.1 Å². The maximum Gasteiger partial charge on any atom is 0.146 e. The van der Waals surface area contributed by atoms with E-state index >= 15 is 0 Å². The molecule has 0 saturated carbocycles. The van der Waals surface area contributed by atoms with Gasteiger partial charge >= 0.3 is 0 Å². The number of carbonyl (C=O) groups excluding carboxylic acids is 2. The SMILES string of the molecule is O=CPc1ncc(C#Cc2ccc3cc4c(cc3c2)CCc2[nH]c(PC=O)nc2-4)[nH]1. The molecule has 2 N–H and O–H groups in total. The number of aromatic nitrogens is 4. The van der Waals surface area contributed by atoms with Gasteiger partial charge in [0.05, 0.1) is 11.9 Å². The third-order valence-electron chi connectivity index (χ3n) is 5.05. The van der Waals surface area contributed by atoms with Gasteiger partial charge in [-0.2, -0.15) is 0 Å². The number of imidazole rings is 2. The van der Waals surface area contributed by atoms with Crippen LogP contribution >= 0.6 is 17.2 Å². The highest BCUT2D eigenvalue weighted by atomic mass is 31.1. The largest absolute Gasteiger partial charge is 0.341 e. The van der Waals surface area contributed by atoms with Crippen LogP contribution in [-0.4, -0.2) is 32.0 Å². The summed E-state index contributed by atoms with van der Waals surface area (Å²) in [6, 6.07) is 12.3. The first kappa shape index (κ1) is 18.9. The summed E-state index contributed by atoms with van der Waals surface area (Å²) in [5.41, 5.74) is 7.51. The van der Waals surface area contributed by atoms with Crippen molar-refractivity contribution in [3.8, 4) is 23.1 Å². The number of nitrogens with zero attached hydrogens (tertiary/aromatic N) is 2. The first-order valence-electron chi connectivity index (χ1n) is 9.37. The molecule has 0 amide bonds. The van der Waals surface area contributed by atoms with Crippen LogP contribution in [0.5, 0.6) is 0 Å². The smallest absolute Gasteiger partial charge is 0.146 e. The van der Waals surface area contributed by atoms with E-state index in [1.165, 1.54) is 5.56 Å². The fourth-order valence-corrected chi connectivity index (χ4v) is 4.67. The molecular formula is C22H16N4O2P2. The Bertz CT molecular complexity index is 1360. The van der Waals surface area contributed by atoms with Crippen LogP contribution in [0.4, 0.5) is 0 Å². The predicted molar refractivity (Wildman–Crippen MR) is 123 cm³/mol. The molecule has 0 saturated heterocycles. The first-order valence-corrected chi connectivity index (χ1v) is 11.5. The molecule has 0 fully saturated rings. The van der Waals surface area contributed by atoms with Crippen LogP contribution in [0.3, 0.4) is 0 Å². The fourth-order valence-electron chi connectivity index (χ4n) is 3.70. The van der Waals surface area contributed by atoms with Crippen LogP contribution in [0.1, 0.15) is 22.5 Å². The van der Waals surface area contributed by atoms with E-state index in [1.54, 1.807) is 6.20 Å². The maximum absolute atomic E-state index is 10.8. The van der Waals surface area contributed by atoms with Crippen molar-refractivity contribution >= 4 is 51.1 Å². The standard InChI is InChI=1S/C22H16N4O2P2/c27-11-29-21-23-10-17(24-21)5-2-13-1-3-14-9-18-15(8-16(14)7-13)4-6-19-20(18)26-22(25-19)30-12-28/h1,3,7-12,29-30H,4,6H2,(H,23,24)(H,25,26). The van der Waals surface area contributed by atoms with Gasteiger partial charge in [-0.05, 0) is 53.3 Å². The molecule has 2 aromatic heterocycles. The lowest BCUT2D eigenvalue weighted by Gasteiger charge is -2.16. The number of fused-ring (bicyclic) bond motifs is 4. The Morgan fingerprint density at radius 1 is 0.933 bits per heavy atom. The van der Waals surface area contributed by atoms with Gasteiger partial charge in [0.15, 0.2) is 0 Å². The number of aryl methyl sites for hydroxylation is 2. The molecule has 1 aliphatic rings. The van der Waals surface area contributed by atoms with Gasteiger partial charge in [0.25, 0.3) is 0 Å². The number of carbonyl (C=O) groups is 2. The molecule has 0 spiro atoms. The summed E-state index contributed by atoms with van der Waals surface area (Å²) < 4.78 is 0. The van der Waals surface area contributed by atoms with Gasteiger partial charge in [0.2, 0.25) is 0 Å². The van der Waals surface area contributed by atoms with Crippen LogP contribution in [0.25, 0.3) is 22.0 Å². The van der Waals surface area contributed by atoms with Gasteiger partial charge in [-0.25, -0.2) is 9.97 Å². The average molecular weight is 430 g/mol. The Kier molecular flexibility index (Phi) is 5.01. The molecule has 4 aromatic rings. The van der Waals surface area contributed by atoms with E-state index in [1.807, 2.05) is 6.07 Å². The molecule has 0 aliphatic heterocycles. The number of H-pyrrole nitrogens is 2. The van der Waals surface area contributed by atoms with E-state index in [4.69, 9.17) is 0 Å². The lowest BCUT2D eigenvalue weighted by Crippen LogP contribution is -2.03. The number of aromatic amines is 2. The van der Waals surface area contributed by atoms with Gasteiger partial charge in [0, 0.05) is 34.0 Å². The number of benzene rings is 2. The second-order valence-electron chi connectivity index (χ2n) is 6.90. The highest BCUT2D eigenvalue weighted by molar-refractivity contribution is 7.62. The van der Waals surface area contributed by atoms with Crippen LogP contribution in [0, 0.1) is 11.8 Å². The lowest BCUT2D eigenvalue weighted by atomic mass is 9.89. The summed E-state index contributed by atoms with van der Waals surface area (Å²) in [7, 11) is 0.0753. The van der Waals surface area contributed by atoms with Crippen molar-refractivity contribution in [3.05, 3.63) is 59.0 Å². The minimum absolute atomic E-state index is 0.0177. The van der Waals surface area contributed by atoms with Crippen LogP contribution in [-0.2, 0) is 22.4 Å². The topological polar surface area (TPSA) is 91.5 Å². The molecule has 2 unspecified atom stereocenters. The van der Waals surface area contributed by atoms with Crippen molar-refractivity contribution in [2.24, 2.45) is 0 Å².